The summed E-state index contributed by atoms with van der Waals surface area (Å²) in [7, 11) is 0. The number of aliphatic imine (C=N–C) groups is 1. The van der Waals surface area contributed by atoms with Crippen LogP contribution in [-0.2, 0) is 9.59 Å². The van der Waals surface area contributed by atoms with Crippen molar-refractivity contribution in [1.82, 2.24) is 4.90 Å². The van der Waals surface area contributed by atoms with Gasteiger partial charge < -0.3 is 5.73 Å². The monoisotopic (exact) mass is 383 g/mol. The maximum atomic E-state index is 13.4. The van der Waals surface area contributed by atoms with E-state index in [0.29, 0.717) is 24.0 Å². The van der Waals surface area contributed by atoms with Gasteiger partial charge in [-0.15, -0.1) is 0 Å². The number of amides is 2. The number of primary amides is 1. The number of benzene rings is 2. The van der Waals surface area contributed by atoms with Crippen LogP contribution in [0.3, 0.4) is 0 Å². The predicted molar refractivity (Wildman–Crippen MR) is 99.3 cm³/mol. The fraction of sp³-hybridized carbons (Fsp3) is 0.286. The van der Waals surface area contributed by atoms with E-state index in [0.717, 1.165) is 12.8 Å². The quantitative estimate of drug-likeness (QED) is 0.881. The summed E-state index contributed by atoms with van der Waals surface area (Å²) in [6, 6.07) is 9.83. The van der Waals surface area contributed by atoms with E-state index in [2.05, 4.69) is 0 Å². The maximum absolute atomic E-state index is 13.4. The first-order chi connectivity index (χ1) is 13.4. The number of carbonyl (C=O) groups is 2. The molecule has 1 aliphatic heterocycles. The van der Waals surface area contributed by atoms with Crippen LogP contribution >= 0.6 is 0 Å². The molecule has 0 bridgehead atoms. The van der Waals surface area contributed by atoms with Gasteiger partial charge in [0, 0.05) is 5.56 Å². The molecule has 1 fully saturated rings. The van der Waals surface area contributed by atoms with E-state index < -0.39 is 35.2 Å². The predicted octanol–water partition coefficient (Wildman–Crippen LogP) is 3.09. The number of carbonyl (C=O) groups excluding carboxylic acids is 2. The van der Waals surface area contributed by atoms with Crippen molar-refractivity contribution in [2.75, 3.05) is 0 Å². The summed E-state index contributed by atoms with van der Waals surface area (Å²) in [6.45, 7) is 0. The minimum absolute atomic E-state index is 0.190. The highest BCUT2D eigenvalue weighted by atomic mass is 19.1. The fourth-order valence-electron chi connectivity index (χ4n) is 4.15. The molecular weight excluding hydrogens is 364 g/mol. The lowest BCUT2D eigenvalue weighted by Gasteiger charge is -2.37. The Morgan fingerprint density at radius 2 is 1.54 bits per heavy atom. The molecule has 2 aromatic carbocycles. The second-order valence-electron chi connectivity index (χ2n) is 7.19. The van der Waals surface area contributed by atoms with E-state index in [1.54, 1.807) is 0 Å². The van der Waals surface area contributed by atoms with Crippen molar-refractivity contribution in [3.8, 4) is 0 Å². The molecule has 2 aliphatic rings. The Balaban J connectivity index is 1.80. The van der Waals surface area contributed by atoms with Crippen molar-refractivity contribution in [3.63, 3.8) is 0 Å². The van der Waals surface area contributed by atoms with Gasteiger partial charge in [-0.05, 0) is 67.6 Å². The molecule has 7 heteroatoms. The Morgan fingerprint density at radius 3 is 2.07 bits per heavy atom. The Kier molecular flexibility index (Phi) is 4.45. The molecule has 28 heavy (non-hydrogen) atoms. The number of hydrogen-bond acceptors (Lipinski definition) is 3. The minimum Gasteiger partial charge on any atom is -0.368 e. The van der Waals surface area contributed by atoms with Crippen LogP contribution in [0.5, 0.6) is 0 Å². The standard InChI is InChI=1S/C21H19F2N3O2/c22-15-7-3-13(4-8-15)17-20(28)26(21(25-17)11-1-2-12-21)18(19(24)27)14-5-9-16(23)10-6-14/h3-10,18H,1-2,11-12H2,(H2,24,27). The van der Waals surface area contributed by atoms with Crippen LogP contribution in [0, 0.1) is 11.6 Å². The van der Waals surface area contributed by atoms with Crippen molar-refractivity contribution in [1.29, 1.82) is 0 Å². The first-order valence-electron chi connectivity index (χ1n) is 9.15. The molecule has 1 spiro atoms. The molecule has 144 valence electrons. The SMILES string of the molecule is NC(=O)C(c1ccc(F)cc1)N1C(=O)C(c2ccc(F)cc2)=NC12CCCC2. The van der Waals surface area contributed by atoms with Crippen molar-refractivity contribution >= 4 is 17.5 Å². The van der Waals surface area contributed by atoms with E-state index >= 15 is 0 Å². The number of nitrogens with zero attached hydrogens (tertiary/aromatic N) is 2. The van der Waals surface area contributed by atoms with Crippen LogP contribution in [0.4, 0.5) is 8.78 Å². The maximum Gasteiger partial charge on any atom is 0.275 e. The van der Waals surface area contributed by atoms with Gasteiger partial charge in [0.1, 0.15) is 29.1 Å². The molecule has 0 radical (unpaired) electrons. The largest absolute Gasteiger partial charge is 0.368 e. The molecule has 1 unspecified atom stereocenters. The minimum atomic E-state index is -1.06. The fourth-order valence-corrected chi connectivity index (χ4v) is 4.15. The summed E-state index contributed by atoms with van der Waals surface area (Å²) in [4.78, 5) is 31.9. The molecule has 1 saturated carbocycles. The summed E-state index contributed by atoms with van der Waals surface area (Å²) in [5.74, 6) is -1.99. The average molecular weight is 383 g/mol. The zero-order valence-electron chi connectivity index (χ0n) is 15.1. The third-order valence-electron chi connectivity index (χ3n) is 5.43. The van der Waals surface area contributed by atoms with Crippen molar-refractivity contribution in [2.24, 2.45) is 10.7 Å². The van der Waals surface area contributed by atoms with Crippen molar-refractivity contribution in [2.45, 2.75) is 37.4 Å². The number of nitrogens with two attached hydrogens (primary N) is 1. The Labute approximate surface area is 160 Å². The molecule has 5 nitrogen and oxygen atoms in total. The van der Waals surface area contributed by atoms with Gasteiger partial charge in [0.15, 0.2) is 0 Å². The van der Waals surface area contributed by atoms with Gasteiger partial charge in [-0.2, -0.15) is 0 Å². The molecular formula is C21H19F2N3O2. The van der Waals surface area contributed by atoms with Gasteiger partial charge in [0.05, 0.1) is 0 Å². The second-order valence-corrected chi connectivity index (χ2v) is 7.19. The average Bonchev–Trinajstić information content (AvgIpc) is 3.24. The Hall–Kier alpha value is -3.09. The van der Waals surface area contributed by atoms with Crippen LogP contribution in [0.2, 0.25) is 0 Å². The summed E-state index contributed by atoms with van der Waals surface area (Å²) in [5.41, 5.74) is 5.92. The van der Waals surface area contributed by atoms with Gasteiger partial charge in [0.25, 0.3) is 5.91 Å². The number of rotatable bonds is 4. The lowest BCUT2D eigenvalue weighted by molar-refractivity contribution is -0.139. The normalized spacial score (nSPS) is 19.1. The molecule has 2 N–H and O–H groups in total. The van der Waals surface area contributed by atoms with Gasteiger partial charge in [0.2, 0.25) is 5.91 Å². The van der Waals surface area contributed by atoms with Crippen molar-refractivity contribution < 1.29 is 18.4 Å². The van der Waals surface area contributed by atoms with Crippen LogP contribution in [-0.4, -0.2) is 28.1 Å². The van der Waals surface area contributed by atoms with Gasteiger partial charge in [-0.3, -0.25) is 19.5 Å². The molecule has 4 rings (SSSR count). The first-order valence-corrected chi connectivity index (χ1v) is 9.15. The van der Waals surface area contributed by atoms with E-state index in [9.17, 15) is 18.4 Å². The molecule has 2 aromatic rings. The molecule has 2 amide bonds. The Morgan fingerprint density at radius 1 is 1.00 bits per heavy atom. The highest BCUT2D eigenvalue weighted by Crippen LogP contribution is 2.45. The number of hydrogen-bond donors (Lipinski definition) is 1. The topological polar surface area (TPSA) is 75.8 Å². The van der Waals surface area contributed by atoms with Gasteiger partial charge in [-0.1, -0.05) is 12.1 Å². The summed E-state index contributed by atoms with van der Waals surface area (Å²) in [6.07, 6.45) is 2.93. The molecule has 1 aliphatic carbocycles. The lowest BCUT2D eigenvalue weighted by Crippen LogP contribution is -2.51. The number of halogens is 2. The smallest absolute Gasteiger partial charge is 0.275 e. The highest BCUT2D eigenvalue weighted by Gasteiger charge is 2.53. The molecule has 1 atom stereocenters. The lowest BCUT2D eigenvalue weighted by atomic mass is 9.98. The van der Waals surface area contributed by atoms with Crippen LogP contribution in [0.15, 0.2) is 53.5 Å². The summed E-state index contributed by atoms with van der Waals surface area (Å²) in [5, 5.41) is 0. The highest BCUT2D eigenvalue weighted by molar-refractivity contribution is 6.47. The summed E-state index contributed by atoms with van der Waals surface area (Å²) < 4.78 is 26.7. The zero-order chi connectivity index (χ0) is 19.9. The van der Waals surface area contributed by atoms with Gasteiger partial charge in [-0.25, -0.2) is 8.78 Å². The van der Waals surface area contributed by atoms with E-state index in [-0.39, 0.29) is 5.71 Å². The molecule has 1 heterocycles. The summed E-state index contributed by atoms with van der Waals surface area (Å²) >= 11 is 0. The third kappa shape index (κ3) is 2.96. The van der Waals surface area contributed by atoms with E-state index in [1.165, 1.54) is 53.4 Å². The Bertz CT molecular complexity index is 949. The zero-order valence-corrected chi connectivity index (χ0v) is 15.1. The molecule has 0 saturated heterocycles. The second kappa shape index (κ2) is 6.82. The van der Waals surface area contributed by atoms with Gasteiger partial charge >= 0.3 is 0 Å². The van der Waals surface area contributed by atoms with E-state index in [4.69, 9.17) is 10.7 Å². The van der Waals surface area contributed by atoms with Crippen molar-refractivity contribution in [3.05, 3.63) is 71.3 Å². The van der Waals surface area contributed by atoms with E-state index in [1.807, 2.05) is 0 Å². The van der Waals surface area contributed by atoms with Crippen LogP contribution < -0.4 is 5.73 Å². The van der Waals surface area contributed by atoms with Crippen LogP contribution in [0.1, 0.15) is 42.9 Å². The third-order valence-corrected chi connectivity index (χ3v) is 5.43. The van der Waals surface area contributed by atoms with Crippen LogP contribution in [0.25, 0.3) is 0 Å². The molecule has 0 aromatic heterocycles. The first kappa shape index (κ1) is 18.3.